The van der Waals surface area contributed by atoms with Crippen molar-refractivity contribution < 1.29 is 22.8 Å². The van der Waals surface area contributed by atoms with Gasteiger partial charge in [-0.15, -0.1) is 0 Å². The van der Waals surface area contributed by atoms with Crippen molar-refractivity contribution in [1.82, 2.24) is 25.1 Å². The van der Waals surface area contributed by atoms with Gasteiger partial charge in [0.2, 0.25) is 11.9 Å². The van der Waals surface area contributed by atoms with Crippen LogP contribution < -0.4 is 10.6 Å². The highest BCUT2D eigenvalue weighted by Crippen LogP contribution is 2.38. The monoisotopic (exact) mass is 560 g/mol. The molecule has 2 amide bonds. The van der Waals surface area contributed by atoms with Gasteiger partial charge in [-0.2, -0.15) is 13.2 Å². The van der Waals surface area contributed by atoms with Crippen LogP contribution in [-0.2, 0) is 17.4 Å². The molecule has 2 fully saturated rings. The maximum absolute atomic E-state index is 13.8. The summed E-state index contributed by atoms with van der Waals surface area (Å²) in [6.07, 6.45) is -1.65. The van der Waals surface area contributed by atoms with Gasteiger partial charge in [0.05, 0.1) is 11.3 Å². The molecule has 2 aromatic rings. The first-order valence-corrected chi connectivity index (χ1v) is 14.1. The molecule has 2 N–H and O–H groups in total. The third-order valence-corrected chi connectivity index (χ3v) is 7.78. The quantitative estimate of drug-likeness (QED) is 0.478. The second-order valence-electron chi connectivity index (χ2n) is 11.3. The molecule has 1 saturated heterocycles. The Hall–Kier alpha value is -3.21. The molecule has 0 spiro atoms. The Kier molecular flexibility index (Phi) is 9.33. The number of carbonyl (C=O) groups is 2. The van der Waals surface area contributed by atoms with E-state index >= 15 is 0 Å². The summed E-state index contributed by atoms with van der Waals surface area (Å²) in [7, 11) is 0. The minimum Gasteiger partial charge on any atom is -0.354 e. The number of hydrogen-bond donors (Lipinski definition) is 2. The van der Waals surface area contributed by atoms with Crippen LogP contribution in [0.4, 0.5) is 24.8 Å². The maximum Gasteiger partial charge on any atom is 0.419 e. The summed E-state index contributed by atoms with van der Waals surface area (Å²) in [5.74, 6) is -0.692. The highest BCUT2D eigenvalue weighted by molar-refractivity contribution is 5.94. The molecule has 1 saturated carbocycles. The van der Waals surface area contributed by atoms with Crippen molar-refractivity contribution >= 4 is 23.5 Å². The highest BCUT2D eigenvalue weighted by Gasteiger charge is 2.39. The SMILES string of the molecule is CC(C)NC(=O)[C@H]1CCC[C@H]1Cc1nc(Nc2ccc(C(=O)N3CCN(C(C)C)CC3)cc2)ncc1C(F)(F)F. The molecule has 0 radical (unpaired) electrons. The van der Waals surface area contributed by atoms with Crippen LogP contribution in [0.1, 0.15) is 68.6 Å². The van der Waals surface area contributed by atoms with E-state index in [4.69, 9.17) is 0 Å². The Morgan fingerprint density at radius 3 is 2.30 bits per heavy atom. The van der Waals surface area contributed by atoms with Crippen LogP contribution in [0.3, 0.4) is 0 Å². The van der Waals surface area contributed by atoms with Crippen LogP contribution in [0.5, 0.6) is 0 Å². The number of piperazine rings is 1. The van der Waals surface area contributed by atoms with Gasteiger partial charge in [0.1, 0.15) is 0 Å². The molecule has 4 rings (SSSR count). The molecule has 0 bridgehead atoms. The van der Waals surface area contributed by atoms with E-state index in [1.165, 1.54) is 0 Å². The average Bonchev–Trinajstić information content (AvgIpc) is 3.36. The Balaban J connectivity index is 1.46. The predicted molar refractivity (Wildman–Crippen MR) is 147 cm³/mol. The number of aromatic nitrogens is 2. The van der Waals surface area contributed by atoms with Gasteiger partial charge in [-0.1, -0.05) is 6.42 Å². The first-order valence-electron chi connectivity index (χ1n) is 14.1. The number of hydrogen-bond acceptors (Lipinski definition) is 6. The number of amides is 2. The fourth-order valence-electron chi connectivity index (χ4n) is 5.59. The molecule has 1 aliphatic carbocycles. The van der Waals surface area contributed by atoms with E-state index in [9.17, 15) is 22.8 Å². The lowest BCUT2D eigenvalue weighted by molar-refractivity contribution is -0.138. The third kappa shape index (κ3) is 7.30. The van der Waals surface area contributed by atoms with Crippen LogP contribution >= 0.6 is 0 Å². The summed E-state index contributed by atoms with van der Waals surface area (Å²) in [6.45, 7) is 11.0. The first-order chi connectivity index (χ1) is 18.9. The van der Waals surface area contributed by atoms with Crippen molar-refractivity contribution in [3.05, 3.63) is 47.3 Å². The Bertz CT molecular complexity index is 1180. The van der Waals surface area contributed by atoms with Gasteiger partial charge in [-0.25, -0.2) is 9.97 Å². The topological polar surface area (TPSA) is 90.5 Å². The molecule has 2 aliphatic rings. The van der Waals surface area contributed by atoms with Gasteiger partial charge < -0.3 is 15.5 Å². The minimum absolute atomic E-state index is 0.0352. The Morgan fingerprint density at radius 2 is 1.70 bits per heavy atom. The van der Waals surface area contributed by atoms with Crippen LogP contribution in [0.25, 0.3) is 0 Å². The van der Waals surface area contributed by atoms with E-state index in [-0.39, 0.29) is 47.8 Å². The standard InChI is InChI=1S/C29H39F3N6O2/c1-18(2)34-26(39)23-7-5-6-21(23)16-25-24(29(30,31)32)17-33-28(36-25)35-22-10-8-20(9-11-22)27(40)38-14-12-37(13-15-38)19(3)4/h8-11,17-19,21,23H,5-7,12-16H2,1-4H3,(H,34,39)(H,33,35,36)/t21-,23-/m0/s1. The van der Waals surface area contributed by atoms with E-state index in [0.717, 1.165) is 25.7 Å². The predicted octanol–water partition coefficient (Wildman–Crippen LogP) is 4.89. The summed E-state index contributed by atoms with van der Waals surface area (Å²) < 4.78 is 41.5. The lowest BCUT2D eigenvalue weighted by Crippen LogP contribution is -2.50. The number of rotatable bonds is 8. The van der Waals surface area contributed by atoms with Gasteiger partial charge in [0, 0.05) is 61.6 Å². The van der Waals surface area contributed by atoms with E-state index < -0.39 is 11.7 Å². The van der Waals surface area contributed by atoms with E-state index in [0.29, 0.717) is 43.2 Å². The lowest BCUT2D eigenvalue weighted by atomic mass is 9.89. The summed E-state index contributed by atoms with van der Waals surface area (Å²) in [4.78, 5) is 37.9. The maximum atomic E-state index is 13.8. The Morgan fingerprint density at radius 1 is 1.02 bits per heavy atom. The molecule has 1 aromatic heterocycles. The zero-order chi connectivity index (χ0) is 29.0. The minimum atomic E-state index is -4.61. The van der Waals surface area contributed by atoms with Crippen LogP contribution in [0, 0.1) is 11.8 Å². The number of benzene rings is 1. The molecule has 2 atom stereocenters. The largest absolute Gasteiger partial charge is 0.419 e. The van der Waals surface area contributed by atoms with Gasteiger partial charge in [0.25, 0.3) is 5.91 Å². The molecular weight excluding hydrogens is 521 g/mol. The van der Waals surface area contributed by atoms with Crippen molar-refractivity contribution in [2.45, 2.75) is 71.6 Å². The molecular formula is C29H39F3N6O2. The molecule has 1 aromatic carbocycles. The molecule has 2 heterocycles. The number of halogens is 3. The summed E-state index contributed by atoms with van der Waals surface area (Å²) in [6, 6.07) is 7.19. The smallest absolute Gasteiger partial charge is 0.354 e. The first kappa shape index (κ1) is 29.8. The molecule has 8 nitrogen and oxygen atoms in total. The second-order valence-corrected chi connectivity index (χ2v) is 11.3. The fourth-order valence-corrected chi connectivity index (χ4v) is 5.59. The number of carbonyl (C=O) groups excluding carboxylic acids is 2. The third-order valence-electron chi connectivity index (χ3n) is 7.78. The highest BCUT2D eigenvalue weighted by atomic mass is 19.4. The van der Waals surface area contributed by atoms with Gasteiger partial charge in [-0.3, -0.25) is 14.5 Å². The molecule has 0 unspecified atom stereocenters. The normalized spacial score (nSPS) is 20.3. The Labute approximate surface area is 233 Å². The molecule has 218 valence electrons. The van der Waals surface area contributed by atoms with Crippen LogP contribution in [0.15, 0.2) is 30.5 Å². The average molecular weight is 561 g/mol. The van der Waals surface area contributed by atoms with Crippen LogP contribution in [0.2, 0.25) is 0 Å². The van der Waals surface area contributed by atoms with Crippen molar-refractivity contribution in [3.8, 4) is 0 Å². The van der Waals surface area contributed by atoms with E-state index in [1.807, 2.05) is 18.7 Å². The van der Waals surface area contributed by atoms with Crippen molar-refractivity contribution in [3.63, 3.8) is 0 Å². The van der Waals surface area contributed by atoms with Gasteiger partial charge >= 0.3 is 6.18 Å². The van der Waals surface area contributed by atoms with Gasteiger partial charge in [-0.05, 0) is 77.1 Å². The van der Waals surface area contributed by atoms with E-state index in [2.05, 4.69) is 39.3 Å². The number of alkyl halides is 3. The number of anilines is 2. The zero-order valence-electron chi connectivity index (χ0n) is 23.6. The second kappa shape index (κ2) is 12.5. The zero-order valence-corrected chi connectivity index (χ0v) is 23.6. The number of nitrogens with one attached hydrogen (secondary N) is 2. The molecule has 40 heavy (non-hydrogen) atoms. The van der Waals surface area contributed by atoms with Crippen molar-refractivity contribution in [2.75, 3.05) is 31.5 Å². The van der Waals surface area contributed by atoms with E-state index in [1.54, 1.807) is 24.3 Å². The van der Waals surface area contributed by atoms with Crippen LogP contribution in [-0.4, -0.2) is 69.8 Å². The molecule has 11 heteroatoms. The summed E-state index contributed by atoms with van der Waals surface area (Å²) in [5.41, 5.74) is 0.101. The van der Waals surface area contributed by atoms with Crippen molar-refractivity contribution in [1.29, 1.82) is 0 Å². The fraction of sp³-hybridized carbons (Fsp3) is 0.586. The summed E-state index contributed by atoms with van der Waals surface area (Å²) in [5, 5.41) is 5.87. The van der Waals surface area contributed by atoms with Gasteiger partial charge in [0.15, 0.2) is 0 Å². The number of nitrogens with zero attached hydrogens (tertiary/aromatic N) is 4. The summed E-state index contributed by atoms with van der Waals surface area (Å²) >= 11 is 0. The van der Waals surface area contributed by atoms with Crippen molar-refractivity contribution in [2.24, 2.45) is 11.8 Å². The lowest BCUT2D eigenvalue weighted by Gasteiger charge is -2.37. The molecule has 1 aliphatic heterocycles.